The largest absolute Gasteiger partial charge is 0.465 e. The van der Waals surface area contributed by atoms with Gasteiger partial charge in [-0.3, -0.25) is 20.2 Å². The van der Waals surface area contributed by atoms with Crippen LogP contribution in [0.3, 0.4) is 0 Å². The molecule has 0 amide bonds. The van der Waals surface area contributed by atoms with Crippen molar-refractivity contribution in [1.29, 1.82) is 0 Å². The third-order valence-corrected chi connectivity index (χ3v) is 4.24. The molecular formula is C18H19FN4O6. The molecule has 2 rings (SSSR count). The summed E-state index contributed by atoms with van der Waals surface area (Å²) in [6.45, 7) is 0.0547. The topological polar surface area (TPSA) is 128 Å². The van der Waals surface area contributed by atoms with Crippen LogP contribution in [-0.2, 0) is 4.74 Å². The highest BCUT2D eigenvalue weighted by molar-refractivity contribution is 5.99. The molecule has 0 spiro atoms. The van der Waals surface area contributed by atoms with Gasteiger partial charge in [-0.1, -0.05) is 12.1 Å². The van der Waals surface area contributed by atoms with Gasteiger partial charge in [0.25, 0.3) is 11.4 Å². The van der Waals surface area contributed by atoms with Gasteiger partial charge in [0.2, 0.25) is 0 Å². The average Bonchev–Trinajstić information content (AvgIpc) is 2.66. The van der Waals surface area contributed by atoms with Crippen molar-refractivity contribution in [1.82, 2.24) is 4.90 Å². The SMILES string of the molecule is COC(=O)c1cc([N+](=O)[O-])cc([N+](=O)[O-])c1NCC(c1cccc(F)c1)N(C)C. The van der Waals surface area contributed by atoms with Crippen molar-refractivity contribution < 1.29 is 23.8 Å². The average molecular weight is 406 g/mol. The maximum absolute atomic E-state index is 13.6. The number of methoxy groups -OCH3 is 1. The first-order valence-corrected chi connectivity index (χ1v) is 8.36. The second-order valence-corrected chi connectivity index (χ2v) is 6.31. The van der Waals surface area contributed by atoms with Crippen molar-refractivity contribution in [3.05, 3.63) is 73.6 Å². The minimum absolute atomic E-state index is 0.0547. The van der Waals surface area contributed by atoms with Gasteiger partial charge in [0.15, 0.2) is 0 Å². The molecule has 2 aromatic carbocycles. The van der Waals surface area contributed by atoms with E-state index in [1.807, 2.05) is 0 Å². The summed E-state index contributed by atoms with van der Waals surface area (Å²) in [5.41, 5.74) is -1.21. The zero-order valence-corrected chi connectivity index (χ0v) is 15.9. The minimum atomic E-state index is -0.966. The molecule has 1 N–H and O–H groups in total. The van der Waals surface area contributed by atoms with Crippen LogP contribution in [0.25, 0.3) is 0 Å². The Hall–Kier alpha value is -3.60. The van der Waals surface area contributed by atoms with Gasteiger partial charge in [-0.25, -0.2) is 9.18 Å². The van der Waals surface area contributed by atoms with Gasteiger partial charge >= 0.3 is 5.97 Å². The summed E-state index contributed by atoms with van der Waals surface area (Å²) in [7, 11) is 4.54. The van der Waals surface area contributed by atoms with Gasteiger partial charge in [0.05, 0.1) is 34.6 Å². The fourth-order valence-corrected chi connectivity index (χ4v) is 2.83. The van der Waals surface area contributed by atoms with Crippen LogP contribution < -0.4 is 5.32 Å². The van der Waals surface area contributed by atoms with Crippen LogP contribution >= 0.6 is 0 Å². The number of likely N-dealkylation sites (N-methyl/N-ethyl adjacent to an activating group) is 1. The van der Waals surface area contributed by atoms with Crippen LogP contribution in [0.4, 0.5) is 21.5 Å². The zero-order chi connectivity index (χ0) is 21.7. The Kier molecular flexibility index (Phi) is 6.78. The van der Waals surface area contributed by atoms with Crippen LogP contribution in [0, 0.1) is 26.0 Å². The maximum Gasteiger partial charge on any atom is 0.340 e. The lowest BCUT2D eigenvalue weighted by Crippen LogP contribution is -2.27. The first-order valence-electron chi connectivity index (χ1n) is 8.36. The molecule has 0 radical (unpaired) electrons. The smallest absolute Gasteiger partial charge is 0.340 e. The Bertz CT molecular complexity index is 950. The molecule has 0 aliphatic carbocycles. The molecule has 0 saturated carbocycles. The third-order valence-electron chi connectivity index (χ3n) is 4.24. The van der Waals surface area contributed by atoms with Gasteiger partial charge in [0, 0.05) is 12.6 Å². The van der Waals surface area contributed by atoms with Crippen LogP contribution in [0.15, 0.2) is 36.4 Å². The minimum Gasteiger partial charge on any atom is -0.465 e. The number of nitrogens with one attached hydrogen (secondary N) is 1. The van der Waals surface area contributed by atoms with Crippen molar-refractivity contribution in [2.75, 3.05) is 33.1 Å². The van der Waals surface area contributed by atoms with Crippen molar-refractivity contribution in [3.63, 3.8) is 0 Å². The highest BCUT2D eigenvalue weighted by Crippen LogP contribution is 2.34. The van der Waals surface area contributed by atoms with E-state index in [0.717, 1.165) is 19.2 Å². The summed E-state index contributed by atoms with van der Waals surface area (Å²) in [6, 6.07) is 7.12. The molecule has 0 bridgehead atoms. The molecule has 0 fully saturated rings. The predicted molar refractivity (Wildman–Crippen MR) is 102 cm³/mol. The quantitative estimate of drug-likeness (QED) is 0.402. The summed E-state index contributed by atoms with van der Waals surface area (Å²) in [5.74, 6) is -1.41. The van der Waals surface area contributed by atoms with Gasteiger partial charge in [0.1, 0.15) is 11.5 Å². The number of nitro groups is 2. The zero-order valence-electron chi connectivity index (χ0n) is 15.9. The highest BCUT2D eigenvalue weighted by atomic mass is 19.1. The monoisotopic (exact) mass is 406 g/mol. The van der Waals surface area contributed by atoms with Gasteiger partial charge in [-0.05, 0) is 31.8 Å². The maximum atomic E-state index is 13.6. The Labute approximate surface area is 165 Å². The second-order valence-electron chi connectivity index (χ2n) is 6.31. The number of anilines is 1. The summed E-state index contributed by atoms with van der Waals surface area (Å²) in [5, 5.41) is 25.4. The fourth-order valence-electron chi connectivity index (χ4n) is 2.83. The highest BCUT2D eigenvalue weighted by Gasteiger charge is 2.29. The molecule has 0 aliphatic rings. The van der Waals surface area contributed by atoms with Crippen LogP contribution in [-0.4, -0.2) is 48.5 Å². The molecule has 0 saturated heterocycles. The lowest BCUT2D eigenvalue weighted by atomic mass is 10.0. The van der Waals surface area contributed by atoms with Gasteiger partial charge in [-0.15, -0.1) is 0 Å². The van der Waals surface area contributed by atoms with E-state index >= 15 is 0 Å². The van der Waals surface area contributed by atoms with Crippen molar-refractivity contribution in [2.24, 2.45) is 0 Å². The number of nitrogens with zero attached hydrogens (tertiary/aromatic N) is 3. The number of esters is 1. The molecule has 10 nitrogen and oxygen atoms in total. The van der Waals surface area contributed by atoms with Crippen molar-refractivity contribution in [3.8, 4) is 0 Å². The van der Waals surface area contributed by atoms with E-state index in [0.29, 0.717) is 5.56 Å². The first-order chi connectivity index (χ1) is 13.6. The first kappa shape index (κ1) is 21.7. The molecular weight excluding hydrogens is 387 g/mol. The van der Waals surface area contributed by atoms with Gasteiger partial charge < -0.3 is 15.0 Å². The molecule has 11 heteroatoms. The van der Waals surface area contributed by atoms with E-state index in [-0.39, 0.29) is 17.8 Å². The summed E-state index contributed by atoms with van der Waals surface area (Å²) < 4.78 is 18.2. The Morgan fingerprint density at radius 2 is 1.90 bits per heavy atom. The normalized spacial score (nSPS) is 11.8. The van der Waals surface area contributed by atoms with E-state index in [4.69, 9.17) is 0 Å². The number of benzene rings is 2. The number of carbonyl (C=O) groups excluding carboxylic acids is 1. The summed E-state index contributed by atoms with van der Waals surface area (Å²) in [6.07, 6.45) is 0. The lowest BCUT2D eigenvalue weighted by Gasteiger charge is -2.26. The summed E-state index contributed by atoms with van der Waals surface area (Å²) in [4.78, 5) is 34.8. The van der Waals surface area contributed by atoms with E-state index in [1.165, 1.54) is 18.2 Å². The number of rotatable bonds is 8. The molecule has 2 aromatic rings. The van der Waals surface area contributed by atoms with E-state index in [9.17, 15) is 29.4 Å². The fraction of sp³-hybridized carbons (Fsp3) is 0.278. The van der Waals surface area contributed by atoms with Crippen LogP contribution in [0.1, 0.15) is 22.0 Å². The number of halogens is 1. The number of ether oxygens (including phenoxy) is 1. The Balaban J connectivity index is 2.50. The molecule has 0 heterocycles. The Morgan fingerprint density at radius 3 is 2.41 bits per heavy atom. The number of hydrogen-bond acceptors (Lipinski definition) is 8. The standard InChI is InChI=1S/C18H19FN4O6/c1-21(2)16(11-5-4-6-12(19)7-11)10-20-17-14(18(24)29-3)8-13(22(25)26)9-15(17)23(27)28/h4-9,16,20H,10H2,1-3H3. The van der Waals surface area contributed by atoms with Crippen LogP contribution in [0.2, 0.25) is 0 Å². The number of nitro benzene ring substituents is 2. The van der Waals surface area contributed by atoms with E-state index in [1.54, 1.807) is 25.1 Å². The molecule has 29 heavy (non-hydrogen) atoms. The third kappa shape index (κ3) is 5.02. The van der Waals surface area contributed by atoms with Crippen molar-refractivity contribution >= 4 is 23.0 Å². The summed E-state index contributed by atoms with van der Waals surface area (Å²) >= 11 is 0. The number of non-ortho nitro benzene ring substituents is 1. The van der Waals surface area contributed by atoms with E-state index < -0.39 is 39.0 Å². The number of hydrogen-bond donors (Lipinski definition) is 1. The number of carbonyl (C=O) groups is 1. The molecule has 0 aliphatic heterocycles. The van der Waals surface area contributed by atoms with Gasteiger partial charge in [-0.2, -0.15) is 0 Å². The lowest BCUT2D eigenvalue weighted by molar-refractivity contribution is -0.393. The molecule has 154 valence electrons. The van der Waals surface area contributed by atoms with E-state index in [2.05, 4.69) is 10.1 Å². The van der Waals surface area contributed by atoms with Crippen LogP contribution in [0.5, 0.6) is 0 Å². The molecule has 1 atom stereocenters. The Morgan fingerprint density at radius 1 is 1.21 bits per heavy atom. The molecule has 1 unspecified atom stereocenters. The second kappa shape index (κ2) is 9.06. The van der Waals surface area contributed by atoms with Crippen molar-refractivity contribution in [2.45, 2.75) is 6.04 Å². The molecule has 0 aromatic heterocycles. The predicted octanol–water partition coefficient (Wildman–Crippen LogP) is 3.14.